The summed E-state index contributed by atoms with van der Waals surface area (Å²) in [4.78, 5) is 16.1. The third-order valence-electron chi connectivity index (χ3n) is 4.94. The van der Waals surface area contributed by atoms with E-state index in [-0.39, 0.29) is 6.09 Å². The van der Waals surface area contributed by atoms with Crippen molar-refractivity contribution in [1.82, 2.24) is 9.80 Å². The summed E-state index contributed by atoms with van der Waals surface area (Å²) in [7, 11) is 1.80. The molecule has 1 saturated heterocycles. The van der Waals surface area contributed by atoms with Crippen LogP contribution in [0, 0.1) is 12.8 Å². The largest absolute Gasteiger partial charge is 0.491 e. The second-order valence-electron chi connectivity index (χ2n) is 8.84. The zero-order valence-electron chi connectivity index (χ0n) is 18.0. The van der Waals surface area contributed by atoms with E-state index in [0.717, 1.165) is 37.2 Å². The fourth-order valence-corrected chi connectivity index (χ4v) is 3.41. The van der Waals surface area contributed by atoms with Gasteiger partial charge in [0.15, 0.2) is 0 Å². The minimum Gasteiger partial charge on any atom is -0.491 e. The van der Waals surface area contributed by atoms with E-state index in [9.17, 15) is 9.90 Å². The standard InChI is InChI=1S/C22H36N2O4/c1-17-8-6-7-9-20(17)27-16-19(25)15-24-12-10-18(11-13-24)14-23(5)21(26)28-22(2,3)4/h6-9,18-19,25H,10-16H2,1-5H3. The lowest BCUT2D eigenvalue weighted by molar-refractivity contribution is 0.0227. The number of benzene rings is 1. The van der Waals surface area contributed by atoms with Crippen LogP contribution in [0.5, 0.6) is 5.75 Å². The lowest BCUT2D eigenvalue weighted by atomic mass is 9.96. The van der Waals surface area contributed by atoms with Crippen molar-refractivity contribution in [3.05, 3.63) is 29.8 Å². The number of para-hydroxylation sites is 1. The smallest absolute Gasteiger partial charge is 0.410 e. The lowest BCUT2D eigenvalue weighted by Crippen LogP contribution is -2.43. The van der Waals surface area contributed by atoms with E-state index in [1.54, 1.807) is 11.9 Å². The molecule has 0 aromatic heterocycles. The number of hydrogen-bond acceptors (Lipinski definition) is 5. The van der Waals surface area contributed by atoms with Crippen molar-refractivity contribution < 1.29 is 19.4 Å². The third kappa shape index (κ3) is 7.68. The summed E-state index contributed by atoms with van der Waals surface area (Å²) in [6.45, 7) is 11.1. The van der Waals surface area contributed by atoms with Crippen LogP contribution in [-0.4, -0.2) is 72.5 Å². The topological polar surface area (TPSA) is 62.2 Å². The highest BCUT2D eigenvalue weighted by Gasteiger charge is 2.25. The van der Waals surface area contributed by atoms with Crippen molar-refractivity contribution in [2.45, 2.75) is 52.2 Å². The average Bonchev–Trinajstić information content (AvgIpc) is 2.61. The van der Waals surface area contributed by atoms with Crippen LogP contribution in [0.15, 0.2) is 24.3 Å². The fraction of sp³-hybridized carbons (Fsp3) is 0.682. The molecule has 1 aliphatic rings. The van der Waals surface area contributed by atoms with E-state index in [2.05, 4.69) is 4.90 Å². The molecule has 2 rings (SSSR count). The predicted octanol–water partition coefficient (Wildman–Crippen LogP) is 3.31. The zero-order chi connectivity index (χ0) is 20.7. The first-order valence-corrected chi connectivity index (χ1v) is 10.2. The number of likely N-dealkylation sites (tertiary alicyclic amines) is 1. The molecule has 0 spiro atoms. The van der Waals surface area contributed by atoms with Crippen molar-refractivity contribution >= 4 is 6.09 Å². The van der Waals surface area contributed by atoms with Gasteiger partial charge in [-0.2, -0.15) is 0 Å². The molecule has 1 atom stereocenters. The quantitative estimate of drug-likeness (QED) is 0.771. The summed E-state index contributed by atoms with van der Waals surface area (Å²) in [5.41, 5.74) is 0.607. The Morgan fingerprint density at radius 3 is 2.54 bits per heavy atom. The van der Waals surface area contributed by atoms with Gasteiger partial charge in [0.2, 0.25) is 0 Å². The number of carbonyl (C=O) groups excluding carboxylic acids is 1. The summed E-state index contributed by atoms with van der Waals surface area (Å²) in [6.07, 6.45) is 1.25. The molecule has 1 unspecified atom stereocenters. The van der Waals surface area contributed by atoms with Crippen LogP contribution in [-0.2, 0) is 4.74 Å². The molecule has 28 heavy (non-hydrogen) atoms. The van der Waals surface area contributed by atoms with E-state index in [4.69, 9.17) is 9.47 Å². The van der Waals surface area contributed by atoms with E-state index in [1.165, 1.54) is 0 Å². The minimum atomic E-state index is -0.513. The van der Waals surface area contributed by atoms with Crippen molar-refractivity contribution in [2.24, 2.45) is 5.92 Å². The predicted molar refractivity (Wildman–Crippen MR) is 111 cm³/mol. The van der Waals surface area contributed by atoms with Crippen LogP contribution in [0.4, 0.5) is 4.79 Å². The molecule has 1 aromatic carbocycles. The van der Waals surface area contributed by atoms with Gasteiger partial charge in [0.1, 0.15) is 24.1 Å². The second-order valence-corrected chi connectivity index (χ2v) is 8.84. The van der Waals surface area contributed by atoms with Crippen molar-refractivity contribution in [2.75, 3.05) is 39.8 Å². The van der Waals surface area contributed by atoms with Crippen molar-refractivity contribution in [1.29, 1.82) is 0 Å². The van der Waals surface area contributed by atoms with Crippen LogP contribution in [0.1, 0.15) is 39.2 Å². The molecule has 1 amide bonds. The Hall–Kier alpha value is -1.79. The lowest BCUT2D eigenvalue weighted by Gasteiger charge is -2.35. The van der Waals surface area contributed by atoms with Gasteiger partial charge in [-0.3, -0.25) is 0 Å². The number of hydrogen-bond donors (Lipinski definition) is 1. The number of ether oxygens (including phenoxy) is 2. The normalized spacial score (nSPS) is 17.2. The van der Waals surface area contributed by atoms with Crippen molar-refractivity contribution in [3.8, 4) is 5.75 Å². The van der Waals surface area contributed by atoms with Crippen LogP contribution >= 0.6 is 0 Å². The van der Waals surface area contributed by atoms with Crippen LogP contribution in [0.25, 0.3) is 0 Å². The molecule has 6 nitrogen and oxygen atoms in total. The molecule has 1 N–H and O–H groups in total. The minimum absolute atomic E-state index is 0.265. The Balaban J connectivity index is 1.67. The van der Waals surface area contributed by atoms with Gasteiger partial charge in [-0.15, -0.1) is 0 Å². The van der Waals surface area contributed by atoms with Gasteiger partial charge in [-0.05, 0) is 71.2 Å². The van der Waals surface area contributed by atoms with E-state index in [1.807, 2.05) is 52.0 Å². The van der Waals surface area contributed by atoms with Crippen molar-refractivity contribution in [3.63, 3.8) is 0 Å². The molecular formula is C22H36N2O4. The highest BCUT2D eigenvalue weighted by Crippen LogP contribution is 2.20. The van der Waals surface area contributed by atoms with E-state index < -0.39 is 11.7 Å². The van der Waals surface area contributed by atoms with Gasteiger partial charge in [-0.1, -0.05) is 18.2 Å². The Morgan fingerprint density at radius 1 is 1.29 bits per heavy atom. The Kier molecular flexibility index (Phi) is 8.13. The Bertz CT molecular complexity index is 621. The van der Waals surface area contributed by atoms with E-state index >= 15 is 0 Å². The molecular weight excluding hydrogens is 356 g/mol. The Labute approximate surface area is 169 Å². The molecule has 1 fully saturated rings. The summed E-state index contributed by atoms with van der Waals surface area (Å²) >= 11 is 0. The number of aliphatic hydroxyl groups is 1. The molecule has 1 heterocycles. The maximum Gasteiger partial charge on any atom is 0.410 e. The average molecular weight is 393 g/mol. The summed E-state index contributed by atoms with van der Waals surface area (Å²) in [5.74, 6) is 1.29. The van der Waals surface area contributed by atoms with Gasteiger partial charge < -0.3 is 24.4 Å². The number of amides is 1. The zero-order valence-corrected chi connectivity index (χ0v) is 18.0. The summed E-state index contributed by atoms with van der Waals surface area (Å²) in [5, 5.41) is 10.3. The second kappa shape index (κ2) is 10.1. The number of carbonyl (C=O) groups is 1. The maximum absolute atomic E-state index is 12.1. The van der Waals surface area contributed by atoms with E-state index in [0.29, 0.717) is 25.6 Å². The van der Waals surface area contributed by atoms with Crippen LogP contribution in [0.2, 0.25) is 0 Å². The molecule has 6 heteroatoms. The number of aryl methyl sites for hydroxylation is 1. The van der Waals surface area contributed by atoms with Gasteiger partial charge in [0.25, 0.3) is 0 Å². The summed E-state index contributed by atoms with van der Waals surface area (Å²) in [6, 6.07) is 7.84. The SMILES string of the molecule is Cc1ccccc1OCC(O)CN1CCC(CN(C)C(=O)OC(C)(C)C)CC1. The van der Waals surface area contributed by atoms with Gasteiger partial charge >= 0.3 is 6.09 Å². The molecule has 1 aliphatic heterocycles. The van der Waals surface area contributed by atoms with Gasteiger partial charge in [0.05, 0.1) is 0 Å². The number of nitrogens with zero attached hydrogens (tertiary/aromatic N) is 2. The first-order valence-electron chi connectivity index (χ1n) is 10.2. The molecule has 0 bridgehead atoms. The highest BCUT2D eigenvalue weighted by molar-refractivity contribution is 5.67. The molecule has 0 aliphatic carbocycles. The molecule has 0 saturated carbocycles. The highest BCUT2D eigenvalue weighted by atomic mass is 16.6. The maximum atomic E-state index is 12.1. The fourth-order valence-electron chi connectivity index (χ4n) is 3.41. The number of piperidine rings is 1. The first-order chi connectivity index (χ1) is 13.1. The number of β-amino-alcohol motifs (C(OH)–C–C–N with tert-alkyl or cyclic N) is 1. The molecule has 1 aromatic rings. The third-order valence-corrected chi connectivity index (χ3v) is 4.94. The number of aliphatic hydroxyl groups excluding tert-OH is 1. The van der Waals surface area contributed by atoms with Gasteiger partial charge in [0, 0.05) is 20.1 Å². The Morgan fingerprint density at radius 2 is 1.93 bits per heavy atom. The first kappa shape index (κ1) is 22.5. The van der Waals surface area contributed by atoms with Crippen LogP contribution < -0.4 is 4.74 Å². The van der Waals surface area contributed by atoms with Crippen LogP contribution in [0.3, 0.4) is 0 Å². The molecule has 158 valence electrons. The number of rotatable bonds is 7. The summed E-state index contributed by atoms with van der Waals surface area (Å²) < 4.78 is 11.2. The monoisotopic (exact) mass is 392 g/mol. The van der Waals surface area contributed by atoms with Gasteiger partial charge in [-0.25, -0.2) is 4.79 Å². The molecule has 0 radical (unpaired) electrons.